The van der Waals surface area contributed by atoms with Gasteiger partial charge in [0.15, 0.2) is 0 Å². The van der Waals surface area contributed by atoms with Crippen molar-refractivity contribution in [1.82, 2.24) is 9.78 Å². The van der Waals surface area contributed by atoms with Gasteiger partial charge in [-0.3, -0.25) is 4.68 Å². The summed E-state index contributed by atoms with van der Waals surface area (Å²) in [5, 5.41) is 14.4. The second-order valence-electron chi connectivity index (χ2n) is 6.42. The van der Waals surface area contributed by atoms with Crippen molar-refractivity contribution >= 4 is 0 Å². The van der Waals surface area contributed by atoms with E-state index < -0.39 is 0 Å². The maximum atomic E-state index is 9.91. The minimum atomic E-state index is -0.382. The molecule has 0 bridgehead atoms. The van der Waals surface area contributed by atoms with Gasteiger partial charge in [0.1, 0.15) is 0 Å². The van der Waals surface area contributed by atoms with E-state index in [0.29, 0.717) is 6.04 Å². The van der Waals surface area contributed by atoms with Crippen molar-refractivity contribution in [1.29, 1.82) is 0 Å². The van der Waals surface area contributed by atoms with Gasteiger partial charge in [-0.05, 0) is 32.1 Å². The van der Waals surface area contributed by atoms with Gasteiger partial charge >= 0.3 is 0 Å². The molecule has 2 unspecified atom stereocenters. The van der Waals surface area contributed by atoms with Crippen LogP contribution in [0.1, 0.15) is 76.0 Å². The smallest absolute Gasteiger partial charge is 0.0817 e. The molecule has 4 nitrogen and oxygen atoms in total. The predicted octanol–water partition coefficient (Wildman–Crippen LogP) is 3.38. The molecule has 1 aliphatic carbocycles. The van der Waals surface area contributed by atoms with Crippen molar-refractivity contribution < 1.29 is 9.84 Å². The zero-order chi connectivity index (χ0) is 14.0. The van der Waals surface area contributed by atoms with E-state index in [2.05, 4.69) is 9.78 Å². The monoisotopic (exact) mass is 278 g/mol. The van der Waals surface area contributed by atoms with Crippen LogP contribution in [0.5, 0.6) is 0 Å². The standard InChI is InChI=1S/C16H26N2O2/c1-2-15(19)13-11-17-18(12-13)14-6-9-20-16(10-14)7-4-3-5-8-16/h11-12,14-15,19H,2-10H2,1H3. The Labute approximate surface area is 121 Å². The summed E-state index contributed by atoms with van der Waals surface area (Å²) >= 11 is 0. The maximum absolute atomic E-state index is 9.91. The highest BCUT2D eigenvalue weighted by Crippen LogP contribution is 2.42. The molecule has 2 heterocycles. The number of nitrogens with zero attached hydrogens (tertiary/aromatic N) is 2. The highest BCUT2D eigenvalue weighted by Gasteiger charge is 2.39. The Morgan fingerprint density at radius 1 is 1.45 bits per heavy atom. The Bertz CT molecular complexity index is 432. The Balaban J connectivity index is 1.71. The van der Waals surface area contributed by atoms with Crippen molar-refractivity contribution in [2.45, 2.75) is 76.0 Å². The van der Waals surface area contributed by atoms with Gasteiger partial charge in [-0.1, -0.05) is 26.2 Å². The first-order valence-corrected chi connectivity index (χ1v) is 8.08. The second kappa shape index (κ2) is 5.86. The molecular weight excluding hydrogens is 252 g/mol. The lowest BCUT2D eigenvalue weighted by molar-refractivity contribution is -0.115. The molecule has 112 valence electrons. The maximum Gasteiger partial charge on any atom is 0.0817 e. The van der Waals surface area contributed by atoms with Gasteiger partial charge < -0.3 is 9.84 Å². The highest BCUT2D eigenvalue weighted by atomic mass is 16.5. The fourth-order valence-electron chi connectivity index (χ4n) is 3.73. The number of ether oxygens (including phenoxy) is 1. The third kappa shape index (κ3) is 2.77. The molecule has 0 radical (unpaired) electrons. The van der Waals surface area contributed by atoms with E-state index in [-0.39, 0.29) is 11.7 Å². The first-order valence-electron chi connectivity index (χ1n) is 8.08. The summed E-state index contributed by atoms with van der Waals surface area (Å²) in [6.07, 6.45) is 12.7. The lowest BCUT2D eigenvalue weighted by Crippen LogP contribution is -2.42. The van der Waals surface area contributed by atoms with Crippen molar-refractivity contribution in [2.75, 3.05) is 6.61 Å². The molecule has 1 saturated carbocycles. The highest BCUT2D eigenvalue weighted by molar-refractivity contribution is 5.08. The number of hydrogen-bond donors (Lipinski definition) is 1. The molecule has 2 fully saturated rings. The molecule has 1 spiro atoms. The van der Waals surface area contributed by atoms with Crippen molar-refractivity contribution in [3.63, 3.8) is 0 Å². The average molecular weight is 278 g/mol. The fraction of sp³-hybridized carbons (Fsp3) is 0.812. The topological polar surface area (TPSA) is 47.3 Å². The first-order chi connectivity index (χ1) is 9.72. The van der Waals surface area contributed by atoms with Crippen LogP contribution in [0.25, 0.3) is 0 Å². The third-order valence-electron chi connectivity index (χ3n) is 5.00. The van der Waals surface area contributed by atoms with E-state index in [1.165, 1.54) is 32.1 Å². The molecule has 2 atom stereocenters. The fourth-order valence-corrected chi connectivity index (χ4v) is 3.73. The van der Waals surface area contributed by atoms with E-state index in [1.807, 2.05) is 19.3 Å². The SMILES string of the molecule is CCC(O)c1cnn(C2CCOC3(CCCCC3)C2)c1. The summed E-state index contributed by atoms with van der Waals surface area (Å²) in [6.45, 7) is 2.84. The van der Waals surface area contributed by atoms with Crippen molar-refractivity contribution in [3.05, 3.63) is 18.0 Å². The lowest BCUT2D eigenvalue weighted by Gasteiger charge is -2.43. The largest absolute Gasteiger partial charge is 0.388 e. The number of aliphatic hydroxyl groups excluding tert-OH is 1. The Kier molecular flexibility index (Phi) is 4.13. The molecule has 3 rings (SSSR count). The molecule has 2 aliphatic rings. The third-order valence-corrected chi connectivity index (χ3v) is 5.00. The summed E-state index contributed by atoms with van der Waals surface area (Å²) in [6, 6.07) is 0.430. The summed E-state index contributed by atoms with van der Waals surface area (Å²) < 4.78 is 8.21. The van der Waals surface area contributed by atoms with E-state index in [9.17, 15) is 5.11 Å². The number of rotatable bonds is 3. The minimum Gasteiger partial charge on any atom is -0.388 e. The van der Waals surface area contributed by atoms with Crippen LogP contribution in [0.3, 0.4) is 0 Å². The molecule has 1 aliphatic heterocycles. The van der Waals surface area contributed by atoms with Crippen LogP contribution in [0.2, 0.25) is 0 Å². The quantitative estimate of drug-likeness (QED) is 0.922. The van der Waals surface area contributed by atoms with Crippen LogP contribution in [0.15, 0.2) is 12.4 Å². The molecule has 1 saturated heterocycles. The number of aromatic nitrogens is 2. The van der Waals surface area contributed by atoms with Crippen molar-refractivity contribution in [3.8, 4) is 0 Å². The summed E-state index contributed by atoms with van der Waals surface area (Å²) in [4.78, 5) is 0. The summed E-state index contributed by atoms with van der Waals surface area (Å²) in [7, 11) is 0. The van der Waals surface area contributed by atoms with Crippen molar-refractivity contribution in [2.24, 2.45) is 0 Å². The van der Waals surface area contributed by atoms with E-state index >= 15 is 0 Å². The number of aliphatic hydroxyl groups is 1. The molecule has 1 aromatic rings. The van der Waals surface area contributed by atoms with Gasteiger partial charge in [-0.15, -0.1) is 0 Å². The van der Waals surface area contributed by atoms with Crippen LogP contribution >= 0.6 is 0 Å². The minimum absolute atomic E-state index is 0.108. The van der Waals surface area contributed by atoms with E-state index in [1.54, 1.807) is 0 Å². The van der Waals surface area contributed by atoms with E-state index in [4.69, 9.17) is 4.74 Å². The number of hydrogen-bond acceptors (Lipinski definition) is 3. The Morgan fingerprint density at radius 2 is 2.25 bits per heavy atom. The second-order valence-corrected chi connectivity index (χ2v) is 6.42. The lowest BCUT2D eigenvalue weighted by atomic mass is 9.78. The van der Waals surface area contributed by atoms with Gasteiger partial charge in [0, 0.05) is 18.4 Å². The molecule has 1 N–H and O–H groups in total. The van der Waals surface area contributed by atoms with Crippen LogP contribution < -0.4 is 0 Å². The average Bonchev–Trinajstić information content (AvgIpc) is 2.97. The van der Waals surface area contributed by atoms with Crippen LogP contribution in [0, 0.1) is 0 Å². The molecule has 1 aromatic heterocycles. The van der Waals surface area contributed by atoms with Gasteiger partial charge in [-0.2, -0.15) is 5.10 Å². The van der Waals surface area contributed by atoms with Gasteiger partial charge in [0.05, 0.1) is 23.9 Å². The molecule has 20 heavy (non-hydrogen) atoms. The zero-order valence-electron chi connectivity index (χ0n) is 12.4. The molecule has 0 amide bonds. The summed E-state index contributed by atoms with van der Waals surface area (Å²) in [5.74, 6) is 0. The normalized spacial score (nSPS) is 27.6. The summed E-state index contributed by atoms with van der Waals surface area (Å²) in [5.41, 5.74) is 1.05. The van der Waals surface area contributed by atoms with Crippen LogP contribution in [-0.4, -0.2) is 27.1 Å². The van der Waals surface area contributed by atoms with E-state index in [0.717, 1.165) is 31.4 Å². The molecule has 4 heteroatoms. The van der Waals surface area contributed by atoms with Gasteiger partial charge in [0.25, 0.3) is 0 Å². The zero-order valence-corrected chi connectivity index (χ0v) is 12.4. The molecular formula is C16H26N2O2. The van der Waals surface area contributed by atoms with Crippen LogP contribution in [-0.2, 0) is 4.74 Å². The van der Waals surface area contributed by atoms with Gasteiger partial charge in [0.2, 0.25) is 0 Å². The predicted molar refractivity (Wildman–Crippen MR) is 77.5 cm³/mol. The Hall–Kier alpha value is -0.870. The Morgan fingerprint density at radius 3 is 3.00 bits per heavy atom. The van der Waals surface area contributed by atoms with Gasteiger partial charge in [-0.25, -0.2) is 0 Å². The first kappa shape index (κ1) is 14.1. The van der Waals surface area contributed by atoms with Crippen LogP contribution in [0.4, 0.5) is 0 Å². The molecule has 0 aromatic carbocycles.